The van der Waals surface area contributed by atoms with Gasteiger partial charge in [0.2, 0.25) is 5.60 Å². The first-order chi connectivity index (χ1) is 22.4. The van der Waals surface area contributed by atoms with E-state index in [0.717, 1.165) is 30.0 Å². The number of fused-ring (bicyclic) bond motifs is 1. The summed E-state index contributed by atoms with van der Waals surface area (Å²) in [6.45, 7) is 2.72. The molecule has 0 saturated carbocycles. The molecule has 1 aliphatic heterocycles. The lowest BCUT2D eigenvalue weighted by molar-refractivity contribution is -0.148. The molecular formula is C37H54FN3O5. The average Bonchev–Trinajstić information content (AvgIpc) is 3.48. The highest BCUT2D eigenvalue weighted by Gasteiger charge is 2.44. The smallest absolute Gasteiger partial charge is 0.308 e. The molecule has 8 nitrogen and oxygen atoms in total. The van der Waals surface area contributed by atoms with Crippen molar-refractivity contribution >= 4 is 34.1 Å². The zero-order valence-corrected chi connectivity index (χ0v) is 28.0. The Bertz CT molecular complexity index is 1260. The van der Waals surface area contributed by atoms with Crippen molar-refractivity contribution in [2.24, 2.45) is 5.16 Å². The summed E-state index contributed by atoms with van der Waals surface area (Å²) in [5, 5.41) is 8.46. The molecule has 1 amide bonds. The Morgan fingerprint density at radius 3 is 2.09 bits per heavy atom. The van der Waals surface area contributed by atoms with Gasteiger partial charge in [0, 0.05) is 18.0 Å². The number of hydrogen-bond acceptors (Lipinski definition) is 7. The van der Waals surface area contributed by atoms with Crippen LogP contribution in [-0.4, -0.2) is 53.3 Å². The van der Waals surface area contributed by atoms with Crippen LogP contribution in [0.3, 0.4) is 0 Å². The van der Waals surface area contributed by atoms with Crippen LogP contribution in [0.5, 0.6) is 0 Å². The highest BCUT2D eigenvalue weighted by molar-refractivity contribution is 6.12. The molecular weight excluding hydrogens is 585 g/mol. The number of carbonyl (C=O) groups excluding carboxylic acids is 3. The zero-order chi connectivity index (χ0) is 33.0. The molecule has 1 N–H and O–H groups in total. The largest absolute Gasteiger partial charge is 0.466 e. The molecule has 0 bridgehead atoms. The van der Waals surface area contributed by atoms with Crippen molar-refractivity contribution in [1.29, 1.82) is 0 Å². The molecule has 0 fully saturated rings. The van der Waals surface area contributed by atoms with Gasteiger partial charge < -0.3 is 14.9 Å². The van der Waals surface area contributed by atoms with Gasteiger partial charge in [-0.1, -0.05) is 133 Å². The fraction of sp³-hybridized carbons (Fsp3) is 0.649. The number of amides is 1. The summed E-state index contributed by atoms with van der Waals surface area (Å²) < 4.78 is 18.7. The molecule has 1 aromatic heterocycles. The first-order valence-corrected chi connectivity index (χ1v) is 17.5. The van der Waals surface area contributed by atoms with Gasteiger partial charge in [-0.2, -0.15) is 0 Å². The van der Waals surface area contributed by atoms with E-state index in [9.17, 15) is 18.8 Å². The third kappa shape index (κ3) is 12.4. The number of hydrogen-bond donors (Lipinski definition) is 1. The van der Waals surface area contributed by atoms with Crippen LogP contribution >= 0.6 is 0 Å². The second-order valence-electron chi connectivity index (χ2n) is 12.8. The molecule has 2 atom stereocenters. The van der Waals surface area contributed by atoms with Crippen molar-refractivity contribution < 1.29 is 28.3 Å². The average molecular weight is 640 g/mol. The molecule has 254 valence electrons. The third-order valence-electron chi connectivity index (χ3n) is 8.75. The third-order valence-corrected chi connectivity index (χ3v) is 8.75. The molecule has 0 aliphatic carbocycles. The number of esters is 1. The van der Waals surface area contributed by atoms with E-state index in [1.807, 2.05) is 30.3 Å². The number of ether oxygens (including phenoxy) is 1. The van der Waals surface area contributed by atoms with Crippen molar-refractivity contribution in [3.05, 3.63) is 42.2 Å². The van der Waals surface area contributed by atoms with Gasteiger partial charge >= 0.3 is 5.97 Å². The summed E-state index contributed by atoms with van der Waals surface area (Å²) in [4.78, 5) is 47.9. The zero-order valence-electron chi connectivity index (χ0n) is 28.0. The number of benzene rings is 1. The van der Waals surface area contributed by atoms with Crippen LogP contribution in [-0.2, 0) is 24.0 Å². The van der Waals surface area contributed by atoms with Crippen molar-refractivity contribution in [2.45, 2.75) is 141 Å². The lowest BCUT2D eigenvalue weighted by atomic mass is 9.94. The quantitative estimate of drug-likeness (QED) is 0.0914. The van der Waals surface area contributed by atoms with Gasteiger partial charge in [-0.3, -0.25) is 19.4 Å². The number of nitrogens with one attached hydrogen (secondary N) is 1. The molecule has 9 heteroatoms. The highest BCUT2D eigenvalue weighted by atomic mass is 19.1. The Labute approximate surface area is 274 Å². The van der Waals surface area contributed by atoms with Crippen molar-refractivity contribution in [3.8, 4) is 0 Å². The summed E-state index contributed by atoms with van der Waals surface area (Å²) in [6.07, 6.45) is 21.4. The van der Waals surface area contributed by atoms with Crippen LogP contribution < -0.4 is 5.32 Å². The van der Waals surface area contributed by atoms with Crippen LogP contribution in [0.15, 0.2) is 41.7 Å². The molecule has 3 rings (SSSR count). The molecule has 0 radical (unpaired) electrons. The van der Waals surface area contributed by atoms with Gasteiger partial charge in [-0.15, -0.1) is 0 Å². The van der Waals surface area contributed by atoms with E-state index in [4.69, 9.17) is 9.57 Å². The van der Waals surface area contributed by atoms with Crippen molar-refractivity contribution in [1.82, 2.24) is 10.3 Å². The first kappa shape index (κ1) is 37.1. The number of nitrogens with zero attached hydrogens (tertiary/aromatic N) is 2. The molecule has 0 spiro atoms. The van der Waals surface area contributed by atoms with Gasteiger partial charge in [0.15, 0.2) is 5.78 Å². The summed E-state index contributed by atoms with van der Waals surface area (Å²) in [6, 6.07) is 8.21. The predicted molar refractivity (Wildman–Crippen MR) is 180 cm³/mol. The topological polar surface area (TPSA) is 107 Å². The number of Topliss-reactive ketones (excluding diaryl/α,β-unsaturated/α-hetero) is 1. The maximum atomic E-state index is 13.3. The molecule has 0 saturated heterocycles. The molecule has 46 heavy (non-hydrogen) atoms. The number of alkyl halides is 1. The molecule has 1 aliphatic rings. The standard InChI is InChI=1S/C37H54FN3O5/c1-3-4-5-6-7-8-9-10-11-12-13-14-15-16-17-20-25-45-34(43)26-31(33(42)28-38)40-36(44)37(2)27-32(41-46-37)35-30-22-19-18-21-29(30)23-24-39-35/h18-19,21-24,31H,3-17,20,25-28H2,1-2H3,(H,40,44)/t31-,37?/m0/s1. The van der Waals surface area contributed by atoms with Crippen molar-refractivity contribution in [3.63, 3.8) is 0 Å². The van der Waals surface area contributed by atoms with E-state index >= 15 is 0 Å². The monoisotopic (exact) mass is 639 g/mol. The Morgan fingerprint density at radius 1 is 0.891 bits per heavy atom. The minimum atomic E-state index is -1.44. The van der Waals surface area contributed by atoms with Gasteiger partial charge in [0.05, 0.1) is 18.7 Å². The maximum Gasteiger partial charge on any atom is 0.308 e. The number of rotatable bonds is 24. The number of ketones is 1. The summed E-state index contributed by atoms with van der Waals surface area (Å²) in [5.74, 6) is -2.21. The maximum absolute atomic E-state index is 13.3. The minimum absolute atomic E-state index is 0.0973. The van der Waals surface area contributed by atoms with E-state index in [-0.39, 0.29) is 13.0 Å². The van der Waals surface area contributed by atoms with Gasteiger partial charge in [-0.25, -0.2) is 4.39 Å². The fourth-order valence-corrected chi connectivity index (χ4v) is 5.85. The molecule has 1 unspecified atom stereocenters. The highest BCUT2D eigenvalue weighted by Crippen LogP contribution is 2.29. The van der Waals surface area contributed by atoms with Crippen molar-refractivity contribution in [2.75, 3.05) is 13.3 Å². The summed E-state index contributed by atoms with van der Waals surface area (Å²) in [5.41, 5.74) is -0.357. The number of halogens is 1. The Balaban J connectivity index is 1.28. The summed E-state index contributed by atoms with van der Waals surface area (Å²) >= 11 is 0. The van der Waals surface area contributed by atoms with Crippen LogP contribution in [0, 0.1) is 0 Å². The Hall–Kier alpha value is -3.36. The first-order valence-electron chi connectivity index (χ1n) is 17.5. The number of pyridine rings is 1. The number of oxime groups is 1. The van der Waals surface area contributed by atoms with Crippen LogP contribution in [0.2, 0.25) is 0 Å². The lowest BCUT2D eigenvalue weighted by Crippen LogP contribution is -2.52. The minimum Gasteiger partial charge on any atom is -0.466 e. The number of aromatic nitrogens is 1. The Kier molecular flexibility index (Phi) is 16.7. The normalized spacial score (nSPS) is 16.5. The van der Waals surface area contributed by atoms with E-state index < -0.39 is 42.4 Å². The second kappa shape index (κ2) is 20.7. The Morgan fingerprint density at radius 2 is 1.48 bits per heavy atom. The lowest BCUT2D eigenvalue weighted by Gasteiger charge is -2.24. The number of carbonyl (C=O) groups is 3. The van der Waals surface area contributed by atoms with E-state index in [2.05, 4.69) is 22.4 Å². The van der Waals surface area contributed by atoms with Crippen LogP contribution in [0.4, 0.5) is 4.39 Å². The predicted octanol–water partition coefficient (Wildman–Crippen LogP) is 8.34. The van der Waals surface area contributed by atoms with E-state index in [0.29, 0.717) is 11.4 Å². The van der Waals surface area contributed by atoms with Crippen LogP contribution in [0.1, 0.15) is 135 Å². The fourth-order valence-electron chi connectivity index (χ4n) is 5.85. The summed E-state index contributed by atoms with van der Waals surface area (Å²) in [7, 11) is 0. The molecule has 2 aromatic rings. The number of unbranched alkanes of at least 4 members (excludes halogenated alkanes) is 15. The second-order valence-corrected chi connectivity index (χ2v) is 12.8. The van der Waals surface area contributed by atoms with Crippen LogP contribution in [0.25, 0.3) is 10.8 Å². The van der Waals surface area contributed by atoms with Gasteiger partial charge in [-0.05, 0) is 24.8 Å². The van der Waals surface area contributed by atoms with E-state index in [1.54, 1.807) is 6.20 Å². The molecule has 2 heterocycles. The SMILES string of the molecule is CCCCCCCCCCCCCCCCCCOC(=O)C[C@H](NC(=O)C1(C)CC(c2nccc3ccccc23)=NO1)C(=O)CF. The molecule has 1 aromatic carbocycles. The van der Waals surface area contributed by atoms with Gasteiger partial charge in [0.1, 0.15) is 18.4 Å². The van der Waals surface area contributed by atoms with E-state index in [1.165, 1.54) is 90.4 Å². The van der Waals surface area contributed by atoms with Gasteiger partial charge in [0.25, 0.3) is 5.91 Å².